The molecule has 2 rings (SSSR count). The van der Waals surface area contributed by atoms with Gasteiger partial charge in [0.25, 0.3) is 11.6 Å². The van der Waals surface area contributed by atoms with Crippen molar-refractivity contribution in [2.45, 2.75) is 33.8 Å². The van der Waals surface area contributed by atoms with Crippen molar-refractivity contribution in [1.29, 1.82) is 0 Å². The Morgan fingerprint density at radius 1 is 1.23 bits per heavy atom. The Labute approximate surface area is 171 Å². The summed E-state index contributed by atoms with van der Waals surface area (Å²) in [7, 11) is 0. The number of rotatable bonds is 8. The average Bonchev–Trinajstić information content (AvgIpc) is 2.99. The number of amides is 1. The Kier molecular flexibility index (Phi) is 6.83. The van der Waals surface area contributed by atoms with E-state index in [1.165, 1.54) is 32.0 Å². The Balaban J connectivity index is 1.98. The summed E-state index contributed by atoms with van der Waals surface area (Å²) in [5.41, 5.74) is 1.37. The van der Waals surface area contributed by atoms with E-state index < -0.39 is 35.2 Å². The molecule has 0 aliphatic heterocycles. The molecule has 0 radical (unpaired) electrons. The largest absolute Gasteiger partial charge is 0.453 e. The number of nitrogens with zero attached hydrogens (tertiary/aromatic N) is 1. The van der Waals surface area contributed by atoms with E-state index in [-0.39, 0.29) is 22.7 Å². The van der Waals surface area contributed by atoms with Gasteiger partial charge >= 0.3 is 5.97 Å². The van der Waals surface area contributed by atoms with E-state index in [9.17, 15) is 29.3 Å². The monoisotopic (exact) mass is 415 g/mol. The standard InChI is InChI=1S/C20H21N3O7/c1-10-17(12(3)24)11(2)22-18(10)19(26)13(4)30-16(25)9-21-20(27)14-6-5-7-15(8-14)23(28)29/h5-8,13,22H,9H2,1-4H3,(H,21,27). The molecule has 0 aliphatic rings. The number of aryl methyl sites for hydroxylation is 1. The number of Topliss-reactive ketones (excluding diaryl/α,β-unsaturated/α-hetero) is 2. The van der Waals surface area contributed by atoms with Crippen molar-refractivity contribution in [1.82, 2.24) is 10.3 Å². The SMILES string of the molecule is CC(=O)c1c(C)[nH]c(C(=O)C(C)OC(=O)CNC(=O)c2cccc([N+](=O)[O-])c2)c1C. The summed E-state index contributed by atoms with van der Waals surface area (Å²) in [5.74, 6) is -2.26. The third-order valence-corrected chi connectivity index (χ3v) is 4.43. The highest BCUT2D eigenvalue weighted by atomic mass is 16.6. The molecule has 1 amide bonds. The van der Waals surface area contributed by atoms with Gasteiger partial charge in [-0.25, -0.2) is 0 Å². The number of esters is 1. The first kappa shape index (κ1) is 22.5. The third-order valence-electron chi connectivity index (χ3n) is 4.43. The molecule has 1 aromatic carbocycles. The Morgan fingerprint density at radius 3 is 2.47 bits per heavy atom. The van der Waals surface area contributed by atoms with Crippen molar-refractivity contribution in [2.24, 2.45) is 0 Å². The number of nitro benzene ring substituents is 1. The van der Waals surface area contributed by atoms with Gasteiger partial charge in [0.05, 0.1) is 10.6 Å². The number of carbonyl (C=O) groups excluding carboxylic acids is 4. The molecule has 0 bridgehead atoms. The molecule has 158 valence electrons. The van der Waals surface area contributed by atoms with Crippen molar-refractivity contribution < 1.29 is 28.8 Å². The highest BCUT2D eigenvalue weighted by molar-refractivity contribution is 6.05. The summed E-state index contributed by atoms with van der Waals surface area (Å²) in [6.45, 7) is 5.54. The Hall–Kier alpha value is -3.82. The van der Waals surface area contributed by atoms with Gasteiger partial charge in [-0.3, -0.25) is 29.3 Å². The van der Waals surface area contributed by atoms with E-state index in [4.69, 9.17) is 4.74 Å². The van der Waals surface area contributed by atoms with Gasteiger partial charge in [0.15, 0.2) is 11.9 Å². The molecule has 1 atom stereocenters. The van der Waals surface area contributed by atoms with Crippen LogP contribution in [0.2, 0.25) is 0 Å². The predicted molar refractivity (Wildman–Crippen MR) is 106 cm³/mol. The summed E-state index contributed by atoms with van der Waals surface area (Å²) >= 11 is 0. The number of hydrogen-bond donors (Lipinski definition) is 2. The van der Waals surface area contributed by atoms with Gasteiger partial charge in [-0.2, -0.15) is 0 Å². The van der Waals surface area contributed by atoms with Crippen LogP contribution in [0, 0.1) is 24.0 Å². The zero-order valence-electron chi connectivity index (χ0n) is 16.9. The second kappa shape index (κ2) is 9.12. The van der Waals surface area contributed by atoms with Gasteiger partial charge in [-0.15, -0.1) is 0 Å². The van der Waals surface area contributed by atoms with Crippen LogP contribution in [-0.4, -0.2) is 46.0 Å². The van der Waals surface area contributed by atoms with E-state index in [2.05, 4.69) is 10.3 Å². The third kappa shape index (κ3) is 4.96. The molecular weight excluding hydrogens is 394 g/mol. The van der Waals surface area contributed by atoms with Crippen LogP contribution in [0.1, 0.15) is 56.3 Å². The normalized spacial score (nSPS) is 11.5. The van der Waals surface area contributed by atoms with E-state index in [1.54, 1.807) is 13.8 Å². The fourth-order valence-corrected chi connectivity index (χ4v) is 3.04. The fraction of sp³-hybridized carbons (Fsp3) is 0.300. The maximum Gasteiger partial charge on any atom is 0.326 e. The molecular formula is C20H21N3O7. The molecule has 1 aromatic heterocycles. The highest BCUT2D eigenvalue weighted by Gasteiger charge is 2.26. The lowest BCUT2D eigenvalue weighted by Gasteiger charge is -2.12. The van der Waals surface area contributed by atoms with E-state index in [0.29, 0.717) is 16.8 Å². The number of ether oxygens (including phenoxy) is 1. The molecule has 0 spiro atoms. The number of H-pyrrole nitrogens is 1. The van der Waals surface area contributed by atoms with Crippen LogP contribution in [0.3, 0.4) is 0 Å². The van der Waals surface area contributed by atoms with Gasteiger partial charge in [0.1, 0.15) is 6.54 Å². The molecule has 1 heterocycles. The molecule has 10 nitrogen and oxygen atoms in total. The van der Waals surface area contributed by atoms with Crippen LogP contribution >= 0.6 is 0 Å². The zero-order valence-corrected chi connectivity index (χ0v) is 16.9. The molecule has 0 saturated heterocycles. The number of nitro groups is 1. The smallest absolute Gasteiger partial charge is 0.326 e. The maximum absolute atomic E-state index is 12.6. The quantitative estimate of drug-likeness (QED) is 0.291. The molecule has 30 heavy (non-hydrogen) atoms. The molecule has 2 aromatic rings. The number of carbonyl (C=O) groups is 4. The van der Waals surface area contributed by atoms with Gasteiger partial charge in [-0.1, -0.05) is 6.07 Å². The van der Waals surface area contributed by atoms with Gasteiger partial charge < -0.3 is 15.0 Å². The molecule has 1 unspecified atom stereocenters. The minimum atomic E-state index is -1.15. The van der Waals surface area contributed by atoms with Gasteiger partial charge in [-0.05, 0) is 39.3 Å². The summed E-state index contributed by atoms with van der Waals surface area (Å²) in [6.07, 6.45) is -1.15. The number of non-ortho nitro benzene ring substituents is 1. The fourth-order valence-electron chi connectivity index (χ4n) is 3.04. The van der Waals surface area contributed by atoms with Crippen molar-refractivity contribution in [3.8, 4) is 0 Å². The molecule has 2 N–H and O–H groups in total. The Morgan fingerprint density at radius 2 is 1.90 bits per heavy atom. The first-order valence-electron chi connectivity index (χ1n) is 8.99. The maximum atomic E-state index is 12.6. The lowest BCUT2D eigenvalue weighted by Crippen LogP contribution is -2.34. The topological polar surface area (TPSA) is 148 Å². The van der Waals surface area contributed by atoms with Crippen LogP contribution in [0.5, 0.6) is 0 Å². The van der Waals surface area contributed by atoms with Gasteiger partial charge in [0, 0.05) is 29.0 Å². The van der Waals surface area contributed by atoms with Crippen molar-refractivity contribution in [3.63, 3.8) is 0 Å². The number of aromatic nitrogens is 1. The zero-order chi connectivity index (χ0) is 22.6. The first-order chi connectivity index (χ1) is 14.0. The lowest BCUT2D eigenvalue weighted by molar-refractivity contribution is -0.384. The van der Waals surface area contributed by atoms with Crippen LogP contribution in [-0.2, 0) is 9.53 Å². The molecule has 10 heteroatoms. The molecule has 0 fully saturated rings. The van der Waals surface area contributed by atoms with Crippen LogP contribution in [0.15, 0.2) is 24.3 Å². The van der Waals surface area contributed by atoms with Crippen LogP contribution in [0.25, 0.3) is 0 Å². The number of hydrogen-bond acceptors (Lipinski definition) is 7. The van der Waals surface area contributed by atoms with Crippen molar-refractivity contribution in [3.05, 3.63) is 62.5 Å². The average molecular weight is 415 g/mol. The summed E-state index contributed by atoms with van der Waals surface area (Å²) in [4.78, 5) is 61.3. The van der Waals surface area contributed by atoms with E-state index in [1.807, 2.05) is 0 Å². The first-order valence-corrected chi connectivity index (χ1v) is 8.99. The highest BCUT2D eigenvalue weighted by Crippen LogP contribution is 2.20. The van der Waals surface area contributed by atoms with Crippen LogP contribution in [0.4, 0.5) is 5.69 Å². The van der Waals surface area contributed by atoms with Gasteiger partial charge in [0.2, 0.25) is 5.78 Å². The molecule has 0 saturated carbocycles. The Bertz CT molecular complexity index is 1040. The van der Waals surface area contributed by atoms with E-state index >= 15 is 0 Å². The minimum Gasteiger partial charge on any atom is -0.453 e. The van der Waals surface area contributed by atoms with E-state index in [0.717, 1.165) is 6.07 Å². The molecule has 0 aliphatic carbocycles. The second-order valence-corrected chi connectivity index (χ2v) is 6.67. The van der Waals surface area contributed by atoms with Crippen LogP contribution < -0.4 is 5.32 Å². The lowest BCUT2D eigenvalue weighted by atomic mass is 10.0. The summed E-state index contributed by atoms with van der Waals surface area (Å²) in [6, 6.07) is 5.03. The van der Waals surface area contributed by atoms with Crippen molar-refractivity contribution >= 4 is 29.1 Å². The second-order valence-electron chi connectivity index (χ2n) is 6.67. The predicted octanol–water partition coefficient (Wildman–Crippen LogP) is 2.29. The van der Waals surface area contributed by atoms with Crippen molar-refractivity contribution in [2.75, 3.05) is 6.54 Å². The summed E-state index contributed by atoms with van der Waals surface area (Å²) in [5, 5.41) is 13.1. The number of aromatic amines is 1. The number of nitrogens with one attached hydrogen (secondary N) is 2. The number of ketones is 2. The summed E-state index contributed by atoms with van der Waals surface area (Å²) < 4.78 is 5.06. The minimum absolute atomic E-state index is 0.00960. The number of benzene rings is 1.